The summed E-state index contributed by atoms with van der Waals surface area (Å²) < 4.78 is 0. The fraction of sp³-hybridized carbons (Fsp3) is 0.182. The van der Waals surface area contributed by atoms with Crippen LogP contribution in [0.25, 0.3) is 6.08 Å². The van der Waals surface area contributed by atoms with E-state index in [1.54, 1.807) is 6.08 Å². The third kappa shape index (κ3) is 2.36. The first-order valence-electron chi connectivity index (χ1n) is 4.43. The molecule has 0 aliphatic carbocycles. The van der Waals surface area contributed by atoms with Crippen LogP contribution in [0.5, 0.6) is 0 Å². The molecule has 0 bridgehead atoms. The standard InChI is InChI=1S/C11H14N2O/c1-12-10-6-5-9(4-3-7-14)11(8-10)13-2/h3-8,12-13H,1-2H3. The topological polar surface area (TPSA) is 41.1 Å². The fourth-order valence-electron chi connectivity index (χ4n) is 1.22. The van der Waals surface area contributed by atoms with Crippen molar-refractivity contribution in [1.82, 2.24) is 0 Å². The summed E-state index contributed by atoms with van der Waals surface area (Å²) in [7, 11) is 3.72. The number of nitrogens with one attached hydrogen (secondary N) is 2. The Bertz CT molecular complexity index is 345. The maximum Gasteiger partial charge on any atom is 0.142 e. The molecule has 2 N–H and O–H groups in total. The zero-order chi connectivity index (χ0) is 10.4. The molecule has 0 aromatic heterocycles. The Morgan fingerprint density at radius 1 is 1.21 bits per heavy atom. The van der Waals surface area contributed by atoms with Crippen LogP contribution in [0.15, 0.2) is 24.3 Å². The number of carbonyl (C=O) groups excluding carboxylic acids is 1. The average molecular weight is 190 g/mol. The molecule has 0 aliphatic rings. The lowest BCUT2D eigenvalue weighted by molar-refractivity contribution is -0.104. The van der Waals surface area contributed by atoms with E-state index in [4.69, 9.17) is 0 Å². The number of anilines is 2. The summed E-state index contributed by atoms with van der Waals surface area (Å²) in [5.41, 5.74) is 3.03. The molecule has 0 amide bonds. The normalized spacial score (nSPS) is 10.1. The number of hydrogen-bond donors (Lipinski definition) is 2. The SMILES string of the molecule is CNc1ccc(C=CC=O)c(NC)c1. The van der Waals surface area contributed by atoms with E-state index in [-0.39, 0.29) is 0 Å². The highest BCUT2D eigenvalue weighted by Crippen LogP contribution is 2.21. The van der Waals surface area contributed by atoms with Crippen molar-refractivity contribution in [2.24, 2.45) is 0 Å². The first-order chi connectivity index (χ1) is 6.81. The van der Waals surface area contributed by atoms with Crippen molar-refractivity contribution in [2.45, 2.75) is 0 Å². The van der Waals surface area contributed by atoms with Crippen molar-refractivity contribution in [3.8, 4) is 0 Å². The van der Waals surface area contributed by atoms with Crippen molar-refractivity contribution in [3.63, 3.8) is 0 Å². The lowest BCUT2D eigenvalue weighted by atomic mass is 10.1. The average Bonchev–Trinajstić information content (AvgIpc) is 2.26. The highest BCUT2D eigenvalue weighted by atomic mass is 16.1. The van der Waals surface area contributed by atoms with Crippen LogP contribution in [0.1, 0.15) is 5.56 Å². The zero-order valence-corrected chi connectivity index (χ0v) is 8.37. The number of carbonyl (C=O) groups is 1. The van der Waals surface area contributed by atoms with Crippen molar-refractivity contribution in [1.29, 1.82) is 0 Å². The minimum atomic E-state index is 0.769. The van der Waals surface area contributed by atoms with E-state index < -0.39 is 0 Å². The predicted octanol–water partition coefficient (Wildman–Crippen LogP) is 1.98. The Hall–Kier alpha value is -1.77. The van der Waals surface area contributed by atoms with E-state index >= 15 is 0 Å². The highest BCUT2D eigenvalue weighted by molar-refractivity contribution is 5.79. The molecule has 0 radical (unpaired) electrons. The summed E-state index contributed by atoms with van der Waals surface area (Å²) in [6, 6.07) is 5.91. The van der Waals surface area contributed by atoms with Gasteiger partial charge in [-0.25, -0.2) is 0 Å². The first kappa shape index (κ1) is 10.3. The van der Waals surface area contributed by atoms with Crippen LogP contribution in [0.2, 0.25) is 0 Å². The first-order valence-corrected chi connectivity index (χ1v) is 4.43. The molecule has 0 spiro atoms. The third-order valence-corrected chi connectivity index (χ3v) is 1.97. The Kier molecular flexibility index (Phi) is 3.73. The molecular formula is C11H14N2O. The monoisotopic (exact) mass is 190 g/mol. The lowest BCUT2D eigenvalue weighted by Gasteiger charge is -2.07. The van der Waals surface area contributed by atoms with Gasteiger partial charge in [0.15, 0.2) is 0 Å². The van der Waals surface area contributed by atoms with Gasteiger partial charge in [0.2, 0.25) is 0 Å². The molecule has 3 heteroatoms. The van der Waals surface area contributed by atoms with Crippen LogP contribution in [0, 0.1) is 0 Å². The zero-order valence-electron chi connectivity index (χ0n) is 8.37. The van der Waals surface area contributed by atoms with E-state index in [2.05, 4.69) is 10.6 Å². The minimum Gasteiger partial charge on any atom is -0.388 e. The molecule has 0 saturated heterocycles. The second kappa shape index (κ2) is 5.07. The third-order valence-electron chi connectivity index (χ3n) is 1.97. The number of allylic oxidation sites excluding steroid dienone is 1. The van der Waals surface area contributed by atoms with Crippen molar-refractivity contribution >= 4 is 23.7 Å². The van der Waals surface area contributed by atoms with Gasteiger partial charge in [-0.15, -0.1) is 0 Å². The van der Waals surface area contributed by atoms with Crippen LogP contribution >= 0.6 is 0 Å². The molecule has 1 rings (SSSR count). The fourth-order valence-corrected chi connectivity index (χ4v) is 1.22. The van der Waals surface area contributed by atoms with Gasteiger partial charge in [-0.3, -0.25) is 4.79 Å². The quantitative estimate of drug-likeness (QED) is 0.563. The van der Waals surface area contributed by atoms with E-state index in [0.717, 1.165) is 23.2 Å². The molecule has 3 nitrogen and oxygen atoms in total. The summed E-state index contributed by atoms with van der Waals surface area (Å²) in [6.07, 6.45) is 4.03. The molecule has 74 valence electrons. The van der Waals surface area contributed by atoms with Gasteiger partial charge in [-0.05, 0) is 29.8 Å². The minimum absolute atomic E-state index is 0.769. The number of hydrogen-bond acceptors (Lipinski definition) is 3. The molecule has 0 heterocycles. The molecule has 14 heavy (non-hydrogen) atoms. The molecule has 0 fully saturated rings. The van der Waals surface area contributed by atoms with Crippen LogP contribution in [0.4, 0.5) is 11.4 Å². The molecule has 0 aliphatic heterocycles. The van der Waals surface area contributed by atoms with Gasteiger partial charge in [-0.2, -0.15) is 0 Å². The van der Waals surface area contributed by atoms with E-state index in [1.165, 1.54) is 6.08 Å². The summed E-state index contributed by atoms with van der Waals surface area (Å²) in [5, 5.41) is 6.12. The molecule has 0 unspecified atom stereocenters. The number of rotatable bonds is 4. The Morgan fingerprint density at radius 3 is 2.57 bits per heavy atom. The van der Waals surface area contributed by atoms with Crippen molar-refractivity contribution in [2.75, 3.05) is 24.7 Å². The number of benzene rings is 1. The number of aldehydes is 1. The van der Waals surface area contributed by atoms with Gasteiger partial charge in [-0.1, -0.05) is 6.07 Å². The van der Waals surface area contributed by atoms with Crippen molar-refractivity contribution in [3.05, 3.63) is 29.8 Å². The summed E-state index contributed by atoms with van der Waals surface area (Å²) in [6.45, 7) is 0. The Balaban J connectivity index is 3.04. The summed E-state index contributed by atoms with van der Waals surface area (Å²) >= 11 is 0. The van der Waals surface area contributed by atoms with Crippen molar-refractivity contribution < 1.29 is 4.79 Å². The van der Waals surface area contributed by atoms with Gasteiger partial charge >= 0.3 is 0 Å². The summed E-state index contributed by atoms with van der Waals surface area (Å²) in [5.74, 6) is 0. The molecule has 0 atom stereocenters. The van der Waals surface area contributed by atoms with Gasteiger partial charge < -0.3 is 10.6 Å². The van der Waals surface area contributed by atoms with Crippen LogP contribution in [-0.4, -0.2) is 20.4 Å². The molecule has 0 saturated carbocycles. The summed E-state index contributed by atoms with van der Waals surface area (Å²) in [4.78, 5) is 10.2. The van der Waals surface area contributed by atoms with Gasteiger partial charge in [0, 0.05) is 25.5 Å². The van der Waals surface area contributed by atoms with Gasteiger partial charge in [0.1, 0.15) is 6.29 Å². The van der Waals surface area contributed by atoms with Crippen LogP contribution < -0.4 is 10.6 Å². The van der Waals surface area contributed by atoms with E-state index in [0.29, 0.717) is 0 Å². The van der Waals surface area contributed by atoms with Gasteiger partial charge in [0.05, 0.1) is 0 Å². The smallest absolute Gasteiger partial charge is 0.142 e. The maximum atomic E-state index is 10.2. The second-order valence-corrected chi connectivity index (χ2v) is 2.80. The lowest BCUT2D eigenvalue weighted by Crippen LogP contribution is -1.94. The maximum absolute atomic E-state index is 10.2. The van der Waals surface area contributed by atoms with E-state index in [9.17, 15) is 4.79 Å². The Morgan fingerprint density at radius 2 is 2.00 bits per heavy atom. The molecular weight excluding hydrogens is 176 g/mol. The molecule has 1 aromatic carbocycles. The largest absolute Gasteiger partial charge is 0.388 e. The predicted molar refractivity (Wildman–Crippen MR) is 60.6 cm³/mol. The van der Waals surface area contributed by atoms with E-state index in [1.807, 2.05) is 32.3 Å². The Labute approximate surface area is 83.8 Å². The second-order valence-electron chi connectivity index (χ2n) is 2.80. The van der Waals surface area contributed by atoms with Crippen LogP contribution in [0.3, 0.4) is 0 Å². The van der Waals surface area contributed by atoms with Crippen LogP contribution in [-0.2, 0) is 4.79 Å². The highest BCUT2D eigenvalue weighted by Gasteiger charge is 1.97. The molecule has 1 aromatic rings. The van der Waals surface area contributed by atoms with Gasteiger partial charge in [0.25, 0.3) is 0 Å².